The number of imide groups is 1. The van der Waals surface area contributed by atoms with E-state index in [1.165, 1.54) is 31.2 Å². The maximum atomic E-state index is 12.5. The lowest BCUT2D eigenvalue weighted by atomic mass is 10.1. The van der Waals surface area contributed by atoms with E-state index in [0.717, 1.165) is 4.90 Å². The molecule has 1 aliphatic heterocycles. The lowest BCUT2D eigenvalue weighted by molar-refractivity contribution is 0.0318. The van der Waals surface area contributed by atoms with Crippen LogP contribution in [0.25, 0.3) is 0 Å². The molecule has 0 radical (unpaired) electrons. The Bertz CT molecular complexity index is 1020. The average molecular weight is 407 g/mol. The molecular formula is C23H21NO6. The Labute approximate surface area is 173 Å². The third kappa shape index (κ3) is 4.00. The maximum absolute atomic E-state index is 12.5. The molecule has 1 aliphatic rings. The molecule has 0 spiro atoms. The van der Waals surface area contributed by atoms with Crippen LogP contribution in [0.2, 0.25) is 0 Å². The van der Waals surface area contributed by atoms with Crippen LogP contribution in [-0.2, 0) is 4.74 Å². The first kappa shape index (κ1) is 21.0. The van der Waals surface area contributed by atoms with Crippen molar-refractivity contribution in [1.82, 2.24) is 4.90 Å². The van der Waals surface area contributed by atoms with Gasteiger partial charge in [0.15, 0.2) is 6.10 Å². The fraction of sp³-hybridized carbons (Fsp3) is 0.217. The molecule has 7 nitrogen and oxygen atoms in total. The van der Waals surface area contributed by atoms with E-state index in [9.17, 15) is 19.2 Å². The predicted molar refractivity (Wildman–Crippen MR) is 109 cm³/mol. The Balaban J connectivity index is 1.72. The van der Waals surface area contributed by atoms with Crippen molar-refractivity contribution >= 4 is 23.6 Å². The average Bonchev–Trinajstić information content (AvgIpc) is 2.98. The molecule has 7 heteroatoms. The fourth-order valence-electron chi connectivity index (χ4n) is 3.11. The molecule has 0 unspecified atom stereocenters. The summed E-state index contributed by atoms with van der Waals surface area (Å²) in [5, 5.41) is 0. The van der Waals surface area contributed by atoms with E-state index in [0.29, 0.717) is 17.9 Å². The summed E-state index contributed by atoms with van der Waals surface area (Å²) < 4.78 is 10.6. The lowest BCUT2D eigenvalue weighted by Crippen LogP contribution is -2.29. The van der Waals surface area contributed by atoms with Crippen molar-refractivity contribution in [1.29, 1.82) is 0 Å². The Hall–Kier alpha value is -3.74. The van der Waals surface area contributed by atoms with Gasteiger partial charge in [-0.25, -0.2) is 4.79 Å². The number of rotatable bonds is 8. The minimum absolute atomic E-state index is 0.0831. The van der Waals surface area contributed by atoms with Gasteiger partial charge in [0.2, 0.25) is 5.78 Å². The second-order valence-corrected chi connectivity index (χ2v) is 6.64. The highest BCUT2D eigenvalue weighted by Gasteiger charge is 2.35. The van der Waals surface area contributed by atoms with Crippen molar-refractivity contribution in [3.8, 4) is 5.75 Å². The first-order chi connectivity index (χ1) is 14.4. The van der Waals surface area contributed by atoms with Crippen LogP contribution in [0.1, 0.15) is 55.3 Å². The SMILES string of the molecule is C=CCN1C(=O)c2ccc(C(=O)O[C@@H](C)C(=O)c3ccc(OCC)cc3)cc2C1=O. The molecule has 2 aromatic carbocycles. The third-order valence-electron chi connectivity index (χ3n) is 4.62. The first-order valence-electron chi connectivity index (χ1n) is 9.46. The van der Waals surface area contributed by atoms with Gasteiger partial charge in [-0.3, -0.25) is 19.3 Å². The van der Waals surface area contributed by atoms with Crippen LogP contribution in [0.4, 0.5) is 0 Å². The van der Waals surface area contributed by atoms with E-state index in [-0.39, 0.29) is 29.0 Å². The monoisotopic (exact) mass is 407 g/mol. The molecule has 1 atom stereocenters. The van der Waals surface area contributed by atoms with Gasteiger partial charge in [-0.2, -0.15) is 0 Å². The molecule has 3 rings (SSSR count). The molecule has 2 aromatic rings. The van der Waals surface area contributed by atoms with Crippen molar-refractivity contribution in [2.45, 2.75) is 20.0 Å². The van der Waals surface area contributed by atoms with E-state index in [2.05, 4.69) is 6.58 Å². The normalized spacial score (nSPS) is 13.6. The van der Waals surface area contributed by atoms with Gasteiger partial charge >= 0.3 is 5.97 Å². The van der Waals surface area contributed by atoms with Gasteiger partial charge in [-0.05, 0) is 56.3 Å². The smallest absolute Gasteiger partial charge is 0.338 e. The zero-order valence-electron chi connectivity index (χ0n) is 16.7. The van der Waals surface area contributed by atoms with Gasteiger partial charge in [0, 0.05) is 12.1 Å². The van der Waals surface area contributed by atoms with Gasteiger partial charge in [0.05, 0.1) is 23.3 Å². The van der Waals surface area contributed by atoms with Crippen LogP contribution in [-0.4, -0.2) is 47.7 Å². The zero-order chi connectivity index (χ0) is 21.8. The van der Waals surface area contributed by atoms with E-state index >= 15 is 0 Å². The Morgan fingerprint density at radius 2 is 1.67 bits per heavy atom. The summed E-state index contributed by atoms with van der Waals surface area (Å²) in [5.74, 6) is -1.42. The van der Waals surface area contributed by atoms with Crippen LogP contribution in [0.3, 0.4) is 0 Å². The standard InChI is InChI=1S/C23H21NO6/c1-4-12-24-21(26)18-11-8-16(13-19(18)22(24)27)23(28)30-14(3)20(25)15-6-9-17(10-7-15)29-5-2/h4,6-11,13-14H,1,5,12H2,2-3H3/t14-/m0/s1. The highest BCUT2D eigenvalue weighted by molar-refractivity contribution is 6.22. The van der Waals surface area contributed by atoms with Crippen molar-refractivity contribution in [3.05, 3.63) is 77.4 Å². The molecule has 1 heterocycles. The van der Waals surface area contributed by atoms with Crippen molar-refractivity contribution in [2.24, 2.45) is 0 Å². The molecule has 0 saturated heterocycles. The van der Waals surface area contributed by atoms with E-state index < -0.39 is 23.9 Å². The summed E-state index contributed by atoms with van der Waals surface area (Å²) >= 11 is 0. The van der Waals surface area contributed by atoms with Crippen LogP contribution in [0, 0.1) is 0 Å². The summed E-state index contributed by atoms with van der Waals surface area (Å²) in [6.07, 6.45) is 0.420. The van der Waals surface area contributed by atoms with Crippen molar-refractivity contribution in [3.63, 3.8) is 0 Å². The van der Waals surface area contributed by atoms with Gasteiger partial charge in [-0.1, -0.05) is 6.08 Å². The molecule has 0 N–H and O–H groups in total. The van der Waals surface area contributed by atoms with Gasteiger partial charge in [-0.15, -0.1) is 6.58 Å². The van der Waals surface area contributed by atoms with Crippen molar-refractivity contribution < 1.29 is 28.7 Å². The van der Waals surface area contributed by atoms with E-state index in [4.69, 9.17) is 9.47 Å². The number of ether oxygens (including phenoxy) is 2. The van der Waals surface area contributed by atoms with Crippen LogP contribution >= 0.6 is 0 Å². The molecule has 0 aliphatic carbocycles. The van der Waals surface area contributed by atoms with Gasteiger partial charge < -0.3 is 9.47 Å². The minimum atomic E-state index is -1.03. The molecule has 30 heavy (non-hydrogen) atoms. The van der Waals surface area contributed by atoms with Crippen LogP contribution in [0.5, 0.6) is 5.75 Å². The molecular weight excluding hydrogens is 386 g/mol. The quantitative estimate of drug-likeness (QED) is 0.289. The maximum Gasteiger partial charge on any atom is 0.338 e. The number of nitrogens with zero attached hydrogens (tertiary/aromatic N) is 1. The highest BCUT2D eigenvalue weighted by atomic mass is 16.5. The molecule has 0 fully saturated rings. The van der Waals surface area contributed by atoms with Crippen molar-refractivity contribution in [2.75, 3.05) is 13.2 Å². The fourth-order valence-corrected chi connectivity index (χ4v) is 3.11. The molecule has 0 aromatic heterocycles. The number of hydrogen-bond acceptors (Lipinski definition) is 6. The summed E-state index contributed by atoms with van der Waals surface area (Å²) in [7, 11) is 0. The Morgan fingerprint density at radius 3 is 2.30 bits per heavy atom. The Morgan fingerprint density at radius 1 is 1.03 bits per heavy atom. The van der Waals surface area contributed by atoms with Gasteiger partial charge in [0.25, 0.3) is 11.8 Å². The summed E-state index contributed by atoms with van der Waals surface area (Å²) in [4.78, 5) is 50.8. The minimum Gasteiger partial charge on any atom is -0.494 e. The Kier molecular flexibility index (Phi) is 6.11. The number of ketones is 1. The molecule has 0 bridgehead atoms. The predicted octanol–water partition coefficient (Wildman–Crippen LogP) is 3.30. The molecule has 2 amide bonds. The largest absolute Gasteiger partial charge is 0.494 e. The first-order valence-corrected chi connectivity index (χ1v) is 9.46. The number of benzene rings is 2. The number of carbonyl (C=O) groups is 4. The summed E-state index contributed by atoms with van der Waals surface area (Å²) in [6.45, 7) is 7.47. The van der Waals surface area contributed by atoms with Crippen LogP contribution in [0.15, 0.2) is 55.1 Å². The number of fused-ring (bicyclic) bond motifs is 1. The van der Waals surface area contributed by atoms with E-state index in [1.807, 2.05) is 6.92 Å². The summed E-state index contributed by atoms with van der Waals surface area (Å²) in [6, 6.07) is 10.7. The number of carbonyl (C=O) groups excluding carboxylic acids is 4. The molecule has 154 valence electrons. The number of hydrogen-bond donors (Lipinski definition) is 0. The van der Waals surface area contributed by atoms with Gasteiger partial charge in [0.1, 0.15) is 5.75 Å². The zero-order valence-corrected chi connectivity index (χ0v) is 16.7. The number of Topliss-reactive ketones (excluding diaryl/α,β-unsaturated/α-hetero) is 1. The second-order valence-electron chi connectivity index (χ2n) is 6.64. The molecule has 0 saturated carbocycles. The van der Waals surface area contributed by atoms with E-state index in [1.54, 1.807) is 24.3 Å². The number of amides is 2. The van der Waals surface area contributed by atoms with Crippen LogP contribution < -0.4 is 4.74 Å². The summed E-state index contributed by atoms with van der Waals surface area (Å²) in [5.41, 5.74) is 0.814. The highest BCUT2D eigenvalue weighted by Crippen LogP contribution is 2.24. The number of esters is 1. The lowest BCUT2D eigenvalue weighted by Gasteiger charge is -2.13. The topological polar surface area (TPSA) is 90.0 Å². The second kappa shape index (κ2) is 8.73. The third-order valence-corrected chi connectivity index (χ3v) is 4.62.